The van der Waals surface area contributed by atoms with Crippen LogP contribution in [0.4, 0.5) is 0 Å². The summed E-state index contributed by atoms with van der Waals surface area (Å²) in [5, 5.41) is 13.9. The Bertz CT molecular complexity index is 245. The average Bonchev–Trinajstić information content (AvgIpc) is 2.51. The largest absolute Gasteiger partial charge is 0.390 e. The van der Waals surface area contributed by atoms with E-state index >= 15 is 0 Å². The number of nitrogens with zero attached hydrogens (tertiary/aromatic N) is 1. The van der Waals surface area contributed by atoms with Crippen LogP contribution >= 0.6 is 0 Å². The summed E-state index contributed by atoms with van der Waals surface area (Å²) < 4.78 is 0. The minimum Gasteiger partial charge on any atom is -0.390 e. The topological polar surface area (TPSA) is 35.5 Å². The molecule has 3 nitrogen and oxygen atoms in total. The number of nitrogens with one attached hydrogen (secondary N) is 1. The van der Waals surface area contributed by atoms with E-state index in [1.165, 1.54) is 38.8 Å². The van der Waals surface area contributed by atoms with Gasteiger partial charge in [0.25, 0.3) is 0 Å². The third-order valence-corrected chi connectivity index (χ3v) is 5.30. The van der Waals surface area contributed by atoms with Crippen molar-refractivity contribution in [3.05, 3.63) is 0 Å². The first-order valence-corrected chi connectivity index (χ1v) is 6.85. The SMILES string of the molecule is CC1(O)C2CCC1CC(N1CCNCC1)C2. The van der Waals surface area contributed by atoms with Gasteiger partial charge in [-0.15, -0.1) is 0 Å². The average molecular weight is 224 g/mol. The first-order chi connectivity index (χ1) is 7.68. The highest BCUT2D eigenvalue weighted by molar-refractivity contribution is 5.03. The van der Waals surface area contributed by atoms with Crippen molar-refractivity contribution >= 4 is 0 Å². The molecule has 3 heteroatoms. The molecule has 92 valence electrons. The van der Waals surface area contributed by atoms with E-state index in [9.17, 15) is 5.11 Å². The highest BCUT2D eigenvalue weighted by Crippen LogP contribution is 2.50. The van der Waals surface area contributed by atoms with Gasteiger partial charge >= 0.3 is 0 Å². The zero-order chi connectivity index (χ0) is 11.2. The van der Waals surface area contributed by atoms with Crippen LogP contribution in [-0.4, -0.2) is 47.8 Å². The van der Waals surface area contributed by atoms with Crippen molar-refractivity contribution in [3.8, 4) is 0 Å². The van der Waals surface area contributed by atoms with Crippen molar-refractivity contribution in [1.82, 2.24) is 10.2 Å². The van der Waals surface area contributed by atoms with Crippen LogP contribution in [0, 0.1) is 11.8 Å². The quantitative estimate of drug-likeness (QED) is 0.692. The van der Waals surface area contributed by atoms with Gasteiger partial charge in [-0.25, -0.2) is 0 Å². The van der Waals surface area contributed by atoms with Gasteiger partial charge in [0.1, 0.15) is 0 Å². The van der Waals surface area contributed by atoms with Gasteiger partial charge in [0.05, 0.1) is 5.60 Å². The number of fused-ring (bicyclic) bond motifs is 2. The van der Waals surface area contributed by atoms with Gasteiger partial charge in [-0.05, 0) is 44.4 Å². The van der Waals surface area contributed by atoms with Crippen LogP contribution in [0.15, 0.2) is 0 Å². The van der Waals surface area contributed by atoms with Gasteiger partial charge in [0.2, 0.25) is 0 Å². The predicted molar refractivity (Wildman–Crippen MR) is 64.3 cm³/mol. The second kappa shape index (κ2) is 3.97. The van der Waals surface area contributed by atoms with Crippen molar-refractivity contribution in [2.24, 2.45) is 11.8 Å². The molecule has 16 heavy (non-hydrogen) atoms. The number of aliphatic hydroxyl groups is 1. The summed E-state index contributed by atoms with van der Waals surface area (Å²) in [5.41, 5.74) is -0.357. The Morgan fingerprint density at radius 2 is 1.69 bits per heavy atom. The van der Waals surface area contributed by atoms with Crippen LogP contribution in [0.2, 0.25) is 0 Å². The Morgan fingerprint density at radius 3 is 2.25 bits per heavy atom. The van der Waals surface area contributed by atoms with E-state index in [2.05, 4.69) is 17.1 Å². The smallest absolute Gasteiger partial charge is 0.0676 e. The molecule has 0 spiro atoms. The number of piperazine rings is 1. The Labute approximate surface area is 98.2 Å². The molecule has 0 amide bonds. The fraction of sp³-hybridized carbons (Fsp3) is 1.00. The van der Waals surface area contributed by atoms with Crippen LogP contribution in [0.25, 0.3) is 0 Å². The van der Waals surface area contributed by atoms with Crippen molar-refractivity contribution in [3.63, 3.8) is 0 Å². The van der Waals surface area contributed by atoms with Crippen LogP contribution in [0.5, 0.6) is 0 Å². The normalized spacial score (nSPS) is 49.5. The summed E-state index contributed by atoms with van der Waals surface area (Å²) in [4.78, 5) is 2.65. The van der Waals surface area contributed by atoms with Crippen molar-refractivity contribution in [2.45, 2.75) is 44.2 Å². The Kier molecular flexibility index (Phi) is 2.73. The number of hydrogen-bond acceptors (Lipinski definition) is 3. The zero-order valence-electron chi connectivity index (χ0n) is 10.3. The molecule has 2 bridgehead atoms. The van der Waals surface area contributed by atoms with E-state index in [4.69, 9.17) is 0 Å². The Morgan fingerprint density at radius 1 is 1.12 bits per heavy atom. The molecule has 0 radical (unpaired) electrons. The van der Waals surface area contributed by atoms with Gasteiger partial charge in [-0.3, -0.25) is 4.90 Å². The van der Waals surface area contributed by atoms with E-state index in [1.807, 2.05) is 0 Å². The summed E-state index contributed by atoms with van der Waals surface area (Å²) in [7, 11) is 0. The molecular weight excluding hydrogens is 200 g/mol. The predicted octanol–water partition coefficient (Wildman–Crippen LogP) is 0.831. The molecule has 2 unspecified atom stereocenters. The van der Waals surface area contributed by atoms with Crippen LogP contribution in [-0.2, 0) is 0 Å². The lowest BCUT2D eigenvalue weighted by atomic mass is 9.73. The lowest BCUT2D eigenvalue weighted by Crippen LogP contribution is -2.54. The maximum absolute atomic E-state index is 10.5. The minimum atomic E-state index is -0.357. The fourth-order valence-electron chi connectivity index (χ4n) is 4.13. The zero-order valence-corrected chi connectivity index (χ0v) is 10.3. The lowest BCUT2D eigenvalue weighted by Gasteiger charge is -2.45. The van der Waals surface area contributed by atoms with Gasteiger partial charge in [0, 0.05) is 32.2 Å². The van der Waals surface area contributed by atoms with Crippen molar-refractivity contribution < 1.29 is 5.11 Å². The molecule has 0 aromatic heterocycles. The Balaban J connectivity index is 1.68. The summed E-state index contributed by atoms with van der Waals surface area (Å²) in [6.07, 6.45) is 4.95. The van der Waals surface area contributed by atoms with Gasteiger partial charge in [-0.1, -0.05) is 0 Å². The van der Waals surface area contributed by atoms with E-state index in [0.29, 0.717) is 11.8 Å². The molecule has 2 N–H and O–H groups in total. The number of rotatable bonds is 1. The maximum atomic E-state index is 10.5. The first kappa shape index (κ1) is 11.0. The molecule has 2 saturated carbocycles. The molecule has 1 aliphatic heterocycles. The molecule has 2 atom stereocenters. The molecule has 3 aliphatic rings. The first-order valence-electron chi connectivity index (χ1n) is 6.85. The Hall–Kier alpha value is -0.120. The summed E-state index contributed by atoms with van der Waals surface area (Å²) in [6, 6.07) is 0.750. The molecule has 2 aliphatic carbocycles. The van der Waals surface area contributed by atoms with E-state index in [1.54, 1.807) is 0 Å². The fourth-order valence-corrected chi connectivity index (χ4v) is 4.13. The standard InChI is InChI=1S/C13H24N2O/c1-13(16)10-2-3-11(13)9-12(8-10)15-6-4-14-5-7-15/h10-12,14,16H,2-9H2,1H3. The summed E-state index contributed by atoms with van der Waals surface area (Å²) in [6.45, 7) is 6.76. The van der Waals surface area contributed by atoms with Crippen LogP contribution < -0.4 is 5.32 Å². The lowest BCUT2D eigenvalue weighted by molar-refractivity contribution is -0.0679. The van der Waals surface area contributed by atoms with Gasteiger partial charge in [-0.2, -0.15) is 0 Å². The highest BCUT2D eigenvalue weighted by Gasteiger charge is 2.50. The molecule has 0 aromatic carbocycles. The monoisotopic (exact) mass is 224 g/mol. The second-order valence-corrected chi connectivity index (χ2v) is 6.11. The maximum Gasteiger partial charge on any atom is 0.0676 e. The van der Waals surface area contributed by atoms with E-state index in [0.717, 1.165) is 19.1 Å². The van der Waals surface area contributed by atoms with Crippen LogP contribution in [0.1, 0.15) is 32.6 Å². The van der Waals surface area contributed by atoms with E-state index in [-0.39, 0.29) is 5.60 Å². The molecule has 1 saturated heterocycles. The summed E-state index contributed by atoms with van der Waals surface area (Å²) >= 11 is 0. The highest BCUT2D eigenvalue weighted by atomic mass is 16.3. The molecular formula is C13H24N2O. The van der Waals surface area contributed by atoms with Gasteiger partial charge in [0.15, 0.2) is 0 Å². The molecule has 1 heterocycles. The van der Waals surface area contributed by atoms with Crippen LogP contribution in [0.3, 0.4) is 0 Å². The third kappa shape index (κ3) is 1.69. The second-order valence-electron chi connectivity index (χ2n) is 6.11. The molecule has 3 rings (SSSR count). The number of hydrogen-bond donors (Lipinski definition) is 2. The van der Waals surface area contributed by atoms with Gasteiger partial charge < -0.3 is 10.4 Å². The summed E-state index contributed by atoms with van der Waals surface area (Å²) in [5.74, 6) is 1.12. The minimum absolute atomic E-state index is 0.357. The third-order valence-electron chi connectivity index (χ3n) is 5.30. The van der Waals surface area contributed by atoms with Crippen molar-refractivity contribution in [1.29, 1.82) is 0 Å². The molecule has 3 fully saturated rings. The van der Waals surface area contributed by atoms with E-state index < -0.39 is 0 Å². The van der Waals surface area contributed by atoms with Crippen molar-refractivity contribution in [2.75, 3.05) is 26.2 Å². The molecule has 0 aromatic rings.